The van der Waals surface area contributed by atoms with Crippen LogP contribution in [0.25, 0.3) is 5.82 Å². The van der Waals surface area contributed by atoms with Gasteiger partial charge in [-0.15, -0.1) is 5.10 Å². The van der Waals surface area contributed by atoms with Gasteiger partial charge in [0.15, 0.2) is 5.82 Å². The fourth-order valence-electron chi connectivity index (χ4n) is 4.20. The van der Waals surface area contributed by atoms with Crippen molar-refractivity contribution in [3.63, 3.8) is 0 Å². The van der Waals surface area contributed by atoms with Crippen molar-refractivity contribution in [1.82, 2.24) is 29.4 Å². The van der Waals surface area contributed by atoms with Crippen LogP contribution in [0.4, 0.5) is 0 Å². The molecule has 0 radical (unpaired) electrons. The predicted molar refractivity (Wildman–Crippen MR) is 96.0 cm³/mol. The van der Waals surface area contributed by atoms with Gasteiger partial charge in [0, 0.05) is 19.2 Å². The number of aromatic nitrogens is 5. The maximum atomic E-state index is 12.2. The van der Waals surface area contributed by atoms with Crippen LogP contribution in [0.5, 0.6) is 0 Å². The minimum absolute atomic E-state index is 0.0865. The molecular weight excluding hydrogens is 332 g/mol. The zero-order valence-electron chi connectivity index (χ0n) is 15.0. The Labute approximate surface area is 152 Å². The standard InChI is InChI=1S/C18H26N6O2/c25-17-4-3-16(24-14-19-13-20-24)21-23(17)11-15-5-9-22(10-6-15)12-18(26)7-1-2-8-18/h3-4,13-15,26H,1-2,5-12H2. The molecule has 0 atom stereocenters. The van der Waals surface area contributed by atoms with Crippen molar-refractivity contribution in [3.8, 4) is 5.82 Å². The number of nitrogens with zero attached hydrogens (tertiary/aromatic N) is 6. The van der Waals surface area contributed by atoms with Gasteiger partial charge in [-0.05, 0) is 50.8 Å². The van der Waals surface area contributed by atoms with Gasteiger partial charge in [0.25, 0.3) is 5.56 Å². The molecule has 1 saturated carbocycles. The zero-order valence-corrected chi connectivity index (χ0v) is 15.0. The van der Waals surface area contributed by atoms with Crippen LogP contribution in [0.3, 0.4) is 0 Å². The third kappa shape index (κ3) is 3.86. The number of hydrogen-bond donors (Lipinski definition) is 1. The number of aliphatic hydroxyl groups is 1. The first-order valence-electron chi connectivity index (χ1n) is 9.49. The number of rotatable bonds is 5. The van der Waals surface area contributed by atoms with Crippen LogP contribution in [0, 0.1) is 5.92 Å². The molecular formula is C18H26N6O2. The zero-order chi connectivity index (χ0) is 18.0. The van der Waals surface area contributed by atoms with E-state index < -0.39 is 5.60 Å². The molecule has 3 heterocycles. The summed E-state index contributed by atoms with van der Waals surface area (Å²) in [7, 11) is 0. The fourth-order valence-corrected chi connectivity index (χ4v) is 4.20. The van der Waals surface area contributed by atoms with Crippen LogP contribution in [0.1, 0.15) is 38.5 Å². The summed E-state index contributed by atoms with van der Waals surface area (Å²) in [6, 6.07) is 3.20. The molecule has 0 unspecified atom stereocenters. The SMILES string of the molecule is O=c1ccc(-n2cncn2)nn1CC1CCN(CC2(O)CCCC2)CC1. The molecule has 2 aromatic heterocycles. The number of β-amino-alcohol motifs (C(OH)–C–C–N with tert-alkyl or cyclic N) is 1. The van der Waals surface area contributed by atoms with Crippen LogP contribution < -0.4 is 5.56 Å². The van der Waals surface area contributed by atoms with E-state index in [1.807, 2.05) is 0 Å². The van der Waals surface area contributed by atoms with E-state index in [1.165, 1.54) is 12.4 Å². The molecule has 8 heteroatoms. The Morgan fingerprint density at radius 2 is 1.96 bits per heavy atom. The Hall–Kier alpha value is -2.06. The predicted octanol–water partition coefficient (Wildman–Crippen LogP) is 0.841. The summed E-state index contributed by atoms with van der Waals surface area (Å²) in [6.07, 6.45) is 9.22. The highest BCUT2D eigenvalue weighted by atomic mass is 16.3. The summed E-state index contributed by atoms with van der Waals surface area (Å²) in [5.41, 5.74) is -0.561. The minimum Gasteiger partial charge on any atom is -0.389 e. The maximum absolute atomic E-state index is 12.2. The van der Waals surface area contributed by atoms with Crippen molar-refractivity contribution < 1.29 is 5.11 Å². The van der Waals surface area contributed by atoms with Gasteiger partial charge >= 0.3 is 0 Å². The molecule has 1 aliphatic heterocycles. The number of likely N-dealkylation sites (tertiary alicyclic amines) is 1. The largest absolute Gasteiger partial charge is 0.389 e. The lowest BCUT2D eigenvalue weighted by Gasteiger charge is -2.36. The van der Waals surface area contributed by atoms with E-state index in [0.717, 1.165) is 58.2 Å². The average molecular weight is 358 g/mol. The van der Waals surface area contributed by atoms with Crippen LogP contribution in [0.2, 0.25) is 0 Å². The highest BCUT2D eigenvalue weighted by Gasteiger charge is 2.34. The van der Waals surface area contributed by atoms with Crippen molar-refractivity contribution >= 4 is 0 Å². The molecule has 4 rings (SSSR count). The Bertz CT molecular complexity index is 773. The fraction of sp³-hybridized carbons (Fsp3) is 0.667. The summed E-state index contributed by atoms with van der Waals surface area (Å²) in [5.74, 6) is 1.03. The third-order valence-electron chi connectivity index (χ3n) is 5.70. The van der Waals surface area contributed by atoms with E-state index in [2.05, 4.69) is 20.1 Å². The van der Waals surface area contributed by atoms with Crippen molar-refractivity contribution in [3.05, 3.63) is 35.1 Å². The summed E-state index contributed by atoms with van der Waals surface area (Å²) >= 11 is 0. The van der Waals surface area contributed by atoms with Crippen molar-refractivity contribution in [2.24, 2.45) is 5.92 Å². The number of hydrogen-bond acceptors (Lipinski definition) is 6. The molecule has 2 fully saturated rings. The van der Waals surface area contributed by atoms with Crippen molar-refractivity contribution in [2.45, 2.75) is 50.7 Å². The molecule has 1 aliphatic carbocycles. The summed E-state index contributed by atoms with van der Waals surface area (Å²) in [5, 5.41) is 19.1. The highest BCUT2D eigenvalue weighted by Crippen LogP contribution is 2.31. The van der Waals surface area contributed by atoms with Crippen LogP contribution in [-0.4, -0.2) is 59.8 Å². The van der Waals surface area contributed by atoms with Gasteiger partial charge in [0.05, 0.1) is 5.60 Å². The average Bonchev–Trinajstić information content (AvgIpc) is 3.31. The lowest BCUT2D eigenvalue weighted by atomic mass is 9.94. The van der Waals surface area contributed by atoms with Crippen LogP contribution >= 0.6 is 0 Å². The van der Waals surface area contributed by atoms with E-state index in [1.54, 1.807) is 21.8 Å². The highest BCUT2D eigenvalue weighted by molar-refractivity contribution is 5.16. The molecule has 0 aromatic carbocycles. The second-order valence-electron chi connectivity index (χ2n) is 7.70. The first-order valence-corrected chi connectivity index (χ1v) is 9.49. The third-order valence-corrected chi connectivity index (χ3v) is 5.70. The molecule has 0 bridgehead atoms. The van der Waals surface area contributed by atoms with Gasteiger partial charge in [-0.2, -0.15) is 5.10 Å². The summed E-state index contributed by atoms with van der Waals surface area (Å²) in [6.45, 7) is 3.37. The molecule has 1 saturated heterocycles. The first kappa shape index (κ1) is 17.4. The first-order chi connectivity index (χ1) is 12.6. The van der Waals surface area contributed by atoms with Gasteiger partial charge in [-0.1, -0.05) is 12.8 Å². The summed E-state index contributed by atoms with van der Waals surface area (Å²) < 4.78 is 3.10. The smallest absolute Gasteiger partial charge is 0.266 e. The molecule has 26 heavy (non-hydrogen) atoms. The lowest BCUT2D eigenvalue weighted by Crippen LogP contribution is -2.45. The molecule has 1 N–H and O–H groups in total. The molecule has 8 nitrogen and oxygen atoms in total. The van der Waals surface area contributed by atoms with Crippen LogP contribution in [-0.2, 0) is 6.54 Å². The van der Waals surface area contributed by atoms with E-state index in [-0.39, 0.29) is 5.56 Å². The molecule has 2 aromatic rings. The second-order valence-corrected chi connectivity index (χ2v) is 7.70. The van der Waals surface area contributed by atoms with Crippen molar-refractivity contribution in [1.29, 1.82) is 0 Å². The van der Waals surface area contributed by atoms with Crippen molar-refractivity contribution in [2.75, 3.05) is 19.6 Å². The molecule has 0 spiro atoms. The molecule has 2 aliphatic rings. The monoisotopic (exact) mass is 358 g/mol. The normalized spacial score (nSPS) is 21.3. The van der Waals surface area contributed by atoms with E-state index in [0.29, 0.717) is 18.3 Å². The van der Waals surface area contributed by atoms with E-state index in [9.17, 15) is 9.90 Å². The van der Waals surface area contributed by atoms with Gasteiger partial charge in [0.1, 0.15) is 12.7 Å². The van der Waals surface area contributed by atoms with E-state index in [4.69, 9.17) is 0 Å². The van der Waals surface area contributed by atoms with Gasteiger partial charge in [-0.3, -0.25) is 4.79 Å². The second kappa shape index (κ2) is 7.28. The Morgan fingerprint density at radius 1 is 1.19 bits per heavy atom. The van der Waals surface area contributed by atoms with Gasteiger partial charge in [0.2, 0.25) is 0 Å². The van der Waals surface area contributed by atoms with Gasteiger partial charge < -0.3 is 10.0 Å². The molecule has 0 amide bonds. The quantitative estimate of drug-likeness (QED) is 0.852. The van der Waals surface area contributed by atoms with Crippen LogP contribution in [0.15, 0.2) is 29.6 Å². The molecule has 140 valence electrons. The summed E-state index contributed by atoms with van der Waals surface area (Å²) in [4.78, 5) is 18.5. The minimum atomic E-state index is -0.475. The Morgan fingerprint density at radius 3 is 2.65 bits per heavy atom. The number of piperidine rings is 1. The van der Waals surface area contributed by atoms with E-state index >= 15 is 0 Å². The Kier molecular flexibility index (Phi) is 4.86. The topological polar surface area (TPSA) is 89.1 Å². The maximum Gasteiger partial charge on any atom is 0.266 e. The Balaban J connectivity index is 1.36. The lowest BCUT2D eigenvalue weighted by molar-refractivity contribution is -0.000787. The van der Waals surface area contributed by atoms with Gasteiger partial charge in [-0.25, -0.2) is 14.3 Å².